The van der Waals surface area contributed by atoms with Crippen molar-refractivity contribution in [2.24, 2.45) is 0 Å². The molecule has 10 aromatic carbocycles. The van der Waals surface area contributed by atoms with E-state index in [1.165, 1.54) is 54.2 Å². The van der Waals surface area contributed by atoms with Gasteiger partial charge in [-0.05, 0) is 116 Å². The standard InChI is InChI=1S/C54H34N2O/c1-2-15-39(16-3-1)55(40-24-22-35(23-25-40)49-31-38-14-6-7-17-43(38)44-18-8-9-19-45(44)49)41-26-28-47-46-20-10-11-21-51(46)56(52(47)33-41)42-27-29-48-50-30-36-12-4-5-13-37(36)32-53(50)57-54(48)34-42/h1-34H. The summed E-state index contributed by atoms with van der Waals surface area (Å²) in [5.41, 5.74) is 10.8. The largest absolute Gasteiger partial charge is 0.456 e. The van der Waals surface area contributed by atoms with Crippen molar-refractivity contribution in [3.63, 3.8) is 0 Å². The van der Waals surface area contributed by atoms with E-state index in [0.29, 0.717) is 0 Å². The van der Waals surface area contributed by atoms with Crippen molar-refractivity contribution in [1.29, 1.82) is 0 Å². The van der Waals surface area contributed by atoms with E-state index < -0.39 is 0 Å². The highest BCUT2D eigenvalue weighted by Crippen LogP contribution is 2.42. The Bertz CT molecular complexity index is 3520. The summed E-state index contributed by atoms with van der Waals surface area (Å²) in [6, 6.07) is 74.5. The van der Waals surface area contributed by atoms with E-state index in [-0.39, 0.29) is 0 Å². The summed E-state index contributed by atoms with van der Waals surface area (Å²) >= 11 is 0. The molecule has 12 rings (SSSR count). The van der Waals surface area contributed by atoms with Gasteiger partial charge in [0.1, 0.15) is 11.2 Å². The van der Waals surface area contributed by atoms with Crippen molar-refractivity contribution in [2.75, 3.05) is 4.90 Å². The molecule has 0 radical (unpaired) electrons. The molecule has 57 heavy (non-hydrogen) atoms. The first-order valence-electron chi connectivity index (χ1n) is 19.5. The fourth-order valence-corrected chi connectivity index (χ4v) is 9.07. The molecular weight excluding hydrogens is 693 g/mol. The second kappa shape index (κ2) is 12.5. The van der Waals surface area contributed by atoms with Crippen LogP contribution in [0.4, 0.5) is 17.1 Å². The van der Waals surface area contributed by atoms with Gasteiger partial charge in [0.05, 0.1) is 11.0 Å². The number of fused-ring (bicyclic) bond motifs is 10. The zero-order valence-corrected chi connectivity index (χ0v) is 30.9. The number of rotatable bonds is 5. The lowest BCUT2D eigenvalue weighted by atomic mass is 9.93. The molecule has 0 amide bonds. The minimum Gasteiger partial charge on any atom is -0.456 e. The maximum absolute atomic E-state index is 6.57. The number of hydrogen-bond acceptors (Lipinski definition) is 2. The first-order valence-corrected chi connectivity index (χ1v) is 19.5. The predicted octanol–water partition coefficient (Wildman–Crippen LogP) is 15.3. The molecule has 0 aliphatic rings. The molecule has 2 aromatic heterocycles. The summed E-state index contributed by atoms with van der Waals surface area (Å²) in [7, 11) is 0. The maximum atomic E-state index is 6.57. The van der Waals surface area contributed by atoms with Gasteiger partial charge in [0, 0.05) is 50.4 Å². The quantitative estimate of drug-likeness (QED) is 0.165. The topological polar surface area (TPSA) is 21.3 Å². The van der Waals surface area contributed by atoms with Crippen LogP contribution in [0.5, 0.6) is 0 Å². The molecule has 3 heteroatoms. The average Bonchev–Trinajstić information content (AvgIpc) is 3.80. The Labute approximate surface area is 328 Å². The minimum atomic E-state index is 0.880. The highest BCUT2D eigenvalue weighted by molar-refractivity contribution is 6.15. The van der Waals surface area contributed by atoms with E-state index in [4.69, 9.17) is 4.42 Å². The van der Waals surface area contributed by atoms with Crippen molar-refractivity contribution in [2.45, 2.75) is 0 Å². The van der Waals surface area contributed by atoms with Gasteiger partial charge >= 0.3 is 0 Å². The molecule has 0 aliphatic carbocycles. The Hall–Kier alpha value is -7.62. The molecule has 0 saturated carbocycles. The van der Waals surface area contributed by atoms with Gasteiger partial charge < -0.3 is 13.9 Å². The van der Waals surface area contributed by atoms with Gasteiger partial charge in [-0.15, -0.1) is 0 Å². The smallest absolute Gasteiger partial charge is 0.137 e. The van der Waals surface area contributed by atoms with Crippen molar-refractivity contribution >= 4 is 93.1 Å². The molecular formula is C54H34N2O. The van der Waals surface area contributed by atoms with Crippen LogP contribution in [0.15, 0.2) is 211 Å². The second-order valence-electron chi connectivity index (χ2n) is 14.9. The number of aromatic nitrogens is 1. The zero-order valence-electron chi connectivity index (χ0n) is 30.9. The highest BCUT2D eigenvalue weighted by Gasteiger charge is 2.19. The molecule has 0 saturated heterocycles. The lowest BCUT2D eigenvalue weighted by Gasteiger charge is -2.26. The number of nitrogens with zero attached hydrogens (tertiary/aromatic N) is 2. The molecule has 3 nitrogen and oxygen atoms in total. The summed E-state index contributed by atoms with van der Waals surface area (Å²) in [6.07, 6.45) is 0. The Morgan fingerprint density at radius 3 is 1.75 bits per heavy atom. The molecule has 266 valence electrons. The normalized spacial score (nSPS) is 11.9. The van der Waals surface area contributed by atoms with E-state index in [1.54, 1.807) is 0 Å². The van der Waals surface area contributed by atoms with Crippen LogP contribution >= 0.6 is 0 Å². The number of hydrogen-bond donors (Lipinski definition) is 0. The molecule has 0 N–H and O–H groups in total. The molecule has 0 unspecified atom stereocenters. The summed E-state index contributed by atoms with van der Waals surface area (Å²) in [4.78, 5) is 2.36. The van der Waals surface area contributed by atoms with Crippen LogP contribution in [0, 0.1) is 0 Å². The van der Waals surface area contributed by atoms with Crippen LogP contribution in [0.3, 0.4) is 0 Å². The lowest BCUT2D eigenvalue weighted by Crippen LogP contribution is -2.10. The molecule has 0 atom stereocenters. The Morgan fingerprint density at radius 1 is 0.333 bits per heavy atom. The summed E-state index contributed by atoms with van der Waals surface area (Å²) in [5, 5.41) is 12.1. The lowest BCUT2D eigenvalue weighted by molar-refractivity contribution is 0.669. The van der Waals surface area contributed by atoms with Crippen LogP contribution < -0.4 is 4.90 Å². The van der Waals surface area contributed by atoms with E-state index >= 15 is 0 Å². The second-order valence-corrected chi connectivity index (χ2v) is 14.9. The molecule has 0 bridgehead atoms. The van der Waals surface area contributed by atoms with Crippen molar-refractivity contribution in [1.82, 2.24) is 4.57 Å². The molecule has 0 aliphatic heterocycles. The van der Waals surface area contributed by atoms with Gasteiger partial charge in [-0.1, -0.05) is 127 Å². The summed E-state index contributed by atoms with van der Waals surface area (Å²) in [6.45, 7) is 0. The zero-order chi connectivity index (χ0) is 37.5. The molecule has 12 aromatic rings. The van der Waals surface area contributed by atoms with Crippen LogP contribution in [-0.2, 0) is 0 Å². The first kappa shape index (κ1) is 31.7. The minimum absolute atomic E-state index is 0.880. The van der Waals surface area contributed by atoms with Crippen LogP contribution in [0.2, 0.25) is 0 Å². The Kier molecular flexibility index (Phi) is 6.93. The third kappa shape index (κ3) is 4.99. The van der Waals surface area contributed by atoms with E-state index in [9.17, 15) is 0 Å². The van der Waals surface area contributed by atoms with Gasteiger partial charge in [-0.2, -0.15) is 0 Å². The van der Waals surface area contributed by atoms with E-state index in [0.717, 1.165) is 55.7 Å². The Morgan fingerprint density at radius 2 is 0.930 bits per heavy atom. The number of furan rings is 1. The van der Waals surface area contributed by atoms with Crippen molar-refractivity contribution in [3.8, 4) is 16.8 Å². The molecule has 0 spiro atoms. The first-order chi connectivity index (χ1) is 28.2. The number of anilines is 3. The monoisotopic (exact) mass is 726 g/mol. The van der Waals surface area contributed by atoms with E-state index in [1.807, 2.05) is 0 Å². The van der Waals surface area contributed by atoms with Gasteiger partial charge in [0.15, 0.2) is 0 Å². The average molecular weight is 727 g/mol. The summed E-state index contributed by atoms with van der Waals surface area (Å²) < 4.78 is 8.95. The summed E-state index contributed by atoms with van der Waals surface area (Å²) in [5.74, 6) is 0. The number of para-hydroxylation sites is 2. The van der Waals surface area contributed by atoms with Crippen molar-refractivity contribution < 1.29 is 4.42 Å². The van der Waals surface area contributed by atoms with Gasteiger partial charge in [0.25, 0.3) is 0 Å². The maximum Gasteiger partial charge on any atom is 0.137 e. The van der Waals surface area contributed by atoms with Gasteiger partial charge in [-0.25, -0.2) is 0 Å². The van der Waals surface area contributed by atoms with Gasteiger partial charge in [0.2, 0.25) is 0 Å². The Balaban J connectivity index is 1.02. The predicted molar refractivity (Wildman–Crippen MR) is 241 cm³/mol. The fourth-order valence-electron chi connectivity index (χ4n) is 9.07. The van der Waals surface area contributed by atoms with Crippen LogP contribution in [0.1, 0.15) is 0 Å². The molecule has 0 fully saturated rings. The van der Waals surface area contributed by atoms with E-state index in [2.05, 4.69) is 216 Å². The van der Waals surface area contributed by atoms with Crippen LogP contribution in [0.25, 0.3) is 92.9 Å². The fraction of sp³-hybridized carbons (Fsp3) is 0. The van der Waals surface area contributed by atoms with Crippen LogP contribution in [-0.4, -0.2) is 4.57 Å². The third-order valence-corrected chi connectivity index (χ3v) is 11.7. The third-order valence-electron chi connectivity index (χ3n) is 11.7. The highest BCUT2D eigenvalue weighted by atomic mass is 16.3. The van der Waals surface area contributed by atoms with Gasteiger partial charge in [-0.3, -0.25) is 0 Å². The number of benzene rings is 10. The molecule has 2 heterocycles. The van der Waals surface area contributed by atoms with Crippen molar-refractivity contribution in [3.05, 3.63) is 206 Å². The SMILES string of the molecule is c1ccc(N(c2ccc(-c3cc4ccccc4c4ccccc34)cc2)c2ccc3c4ccccc4n(-c4ccc5c(c4)oc4cc6ccccc6cc45)c3c2)cc1.